The van der Waals surface area contributed by atoms with E-state index in [1.807, 2.05) is 30.2 Å². The van der Waals surface area contributed by atoms with E-state index in [9.17, 15) is 0 Å². The molecule has 4 heteroatoms. The molecular formula is C32H36N4. The molecule has 1 fully saturated rings. The normalized spacial score (nSPS) is 18.5. The summed E-state index contributed by atoms with van der Waals surface area (Å²) >= 11 is 0. The topological polar surface area (TPSA) is 42.7 Å². The molecular weight excluding hydrogens is 440 g/mol. The third kappa shape index (κ3) is 5.93. The summed E-state index contributed by atoms with van der Waals surface area (Å²) in [5.74, 6) is 1.60. The van der Waals surface area contributed by atoms with Gasteiger partial charge in [-0.2, -0.15) is 5.10 Å². The van der Waals surface area contributed by atoms with Gasteiger partial charge in [-0.25, -0.2) is 0 Å². The number of nitrogens with zero attached hydrogens (tertiary/aromatic N) is 3. The number of allylic oxidation sites excluding steroid dienone is 1. The first-order chi connectivity index (χ1) is 17.7. The minimum atomic E-state index is 0.299. The number of rotatable bonds is 9. The van der Waals surface area contributed by atoms with E-state index in [4.69, 9.17) is 0 Å². The average Bonchev–Trinajstić information content (AvgIpc) is 3.36. The van der Waals surface area contributed by atoms with Crippen molar-refractivity contribution in [3.8, 4) is 11.1 Å². The monoisotopic (exact) mass is 476 g/mol. The van der Waals surface area contributed by atoms with E-state index >= 15 is 0 Å². The van der Waals surface area contributed by atoms with E-state index < -0.39 is 0 Å². The van der Waals surface area contributed by atoms with Crippen LogP contribution in [0.2, 0.25) is 0 Å². The highest BCUT2D eigenvalue weighted by molar-refractivity contribution is 5.62. The summed E-state index contributed by atoms with van der Waals surface area (Å²) in [5, 5.41) is 8.01. The summed E-state index contributed by atoms with van der Waals surface area (Å²) in [6.45, 7) is 5.36. The van der Waals surface area contributed by atoms with E-state index in [0.29, 0.717) is 11.8 Å². The Morgan fingerprint density at radius 3 is 2.36 bits per heavy atom. The van der Waals surface area contributed by atoms with Crippen molar-refractivity contribution in [2.45, 2.75) is 44.6 Å². The second kappa shape index (κ2) is 11.4. The fourth-order valence-corrected chi connectivity index (χ4v) is 5.67. The van der Waals surface area contributed by atoms with Crippen LogP contribution in [0.15, 0.2) is 104 Å². The van der Waals surface area contributed by atoms with Crippen molar-refractivity contribution in [1.29, 1.82) is 0 Å². The van der Waals surface area contributed by atoms with Gasteiger partial charge in [-0.1, -0.05) is 67.2 Å². The molecule has 1 saturated carbocycles. The lowest BCUT2D eigenvalue weighted by atomic mass is 9.71. The molecule has 1 aliphatic carbocycles. The number of aryl methyl sites for hydroxylation is 1. The van der Waals surface area contributed by atoms with Crippen molar-refractivity contribution in [3.05, 3.63) is 120 Å². The Bertz CT molecular complexity index is 1240. The van der Waals surface area contributed by atoms with Crippen molar-refractivity contribution in [2.75, 3.05) is 0 Å². The second-order valence-electron chi connectivity index (χ2n) is 10.2. The summed E-state index contributed by atoms with van der Waals surface area (Å²) in [5.41, 5.74) is 7.33. The van der Waals surface area contributed by atoms with Gasteiger partial charge >= 0.3 is 0 Å². The fraction of sp³-hybridized carbons (Fsp3) is 0.312. The Morgan fingerprint density at radius 2 is 1.69 bits per heavy atom. The number of aromatic nitrogens is 3. The molecule has 1 N–H and O–H groups in total. The highest BCUT2D eigenvalue weighted by atomic mass is 15.2. The zero-order valence-corrected chi connectivity index (χ0v) is 21.2. The van der Waals surface area contributed by atoms with Crippen molar-refractivity contribution in [1.82, 2.24) is 20.1 Å². The molecule has 0 radical (unpaired) electrons. The largest absolute Gasteiger partial charge is 0.384 e. The maximum atomic E-state index is 4.56. The molecule has 4 aromatic rings. The highest BCUT2D eigenvalue weighted by Gasteiger charge is 2.30. The van der Waals surface area contributed by atoms with Crippen LogP contribution in [-0.2, 0) is 20.0 Å². The fourth-order valence-electron chi connectivity index (χ4n) is 5.67. The number of pyridine rings is 1. The average molecular weight is 477 g/mol. The van der Waals surface area contributed by atoms with Gasteiger partial charge in [0.2, 0.25) is 0 Å². The molecule has 1 aliphatic rings. The molecule has 1 unspecified atom stereocenters. The molecule has 36 heavy (non-hydrogen) atoms. The molecule has 0 spiro atoms. The Morgan fingerprint density at radius 1 is 0.944 bits per heavy atom. The molecule has 0 bridgehead atoms. The minimum absolute atomic E-state index is 0.299. The minimum Gasteiger partial charge on any atom is -0.384 e. The first-order valence-corrected chi connectivity index (χ1v) is 13.1. The first kappa shape index (κ1) is 24.1. The molecule has 2 aromatic carbocycles. The molecule has 0 saturated heterocycles. The summed E-state index contributed by atoms with van der Waals surface area (Å²) < 4.78 is 1.85. The van der Waals surface area contributed by atoms with Crippen molar-refractivity contribution in [3.63, 3.8) is 0 Å². The van der Waals surface area contributed by atoms with Gasteiger partial charge in [-0.3, -0.25) is 9.67 Å². The van der Waals surface area contributed by atoms with Gasteiger partial charge in [0.25, 0.3) is 0 Å². The van der Waals surface area contributed by atoms with Crippen LogP contribution in [-0.4, -0.2) is 14.8 Å². The first-order valence-electron chi connectivity index (χ1n) is 13.1. The number of hydrogen-bond acceptors (Lipinski definition) is 3. The SMILES string of the molecule is C=C(NCc1ccccc1)C(c1ccc(-c2cnn(C)c2)cc1)C1CCC(Cc2ccccn2)CC1. The van der Waals surface area contributed by atoms with Gasteiger partial charge in [0, 0.05) is 48.9 Å². The van der Waals surface area contributed by atoms with E-state index in [-0.39, 0.29) is 0 Å². The number of hydrogen-bond donors (Lipinski definition) is 1. The molecule has 2 heterocycles. The lowest BCUT2D eigenvalue weighted by Crippen LogP contribution is -2.27. The van der Waals surface area contributed by atoms with Crippen LogP contribution < -0.4 is 5.32 Å². The third-order valence-corrected chi connectivity index (χ3v) is 7.63. The van der Waals surface area contributed by atoms with E-state index in [1.165, 1.54) is 48.1 Å². The van der Waals surface area contributed by atoms with Crippen LogP contribution in [0, 0.1) is 11.8 Å². The van der Waals surface area contributed by atoms with Gasteiger partial charge in [0.05, 0.1) is 6.20 Å². The summed E-state index contributed by atoms with van der Waals surface area (Å²) in [6, 6.07) is 25.9. The lowest BCUT2D eigenvalue weighted by molar-refractivity contribution is 0.249. The van der Waals surface area contributed by atoms with Crippen LogP contribution in [0.4, 0.5) is 0 Å². The quantitative estimate of drug-likeness (QED) is 0.285. The van der Waals surface area contributed by atoms with Gasteiger partial charge in [0.15, 0.2) is 0 Å². The maximum Gasteiger partial charge on any atom is 0.0568 e. The van der Waals surface area contributed by atoms with E-state index in [1.54, 1.807) is 0 Å². The van der Waals surface area contributed by atoms with E-state index in [0.717, 1.165) is 30.1 Å². The van der Waals surface area contributed by atoms with Crippen molar-refractivity contribution >= 4 is 0 Å². The van der Waals surface area contributed by atoms with Crippen LogP contribution in [0.1, 0.15) is 48.4 Å². The Hall–Kier alpha value is -3.66. The van der Waals surface area contributed by atoms with Crippen LogP contribution in [0.3, 0.4) is 0 Å². The highest BCUT2D eigenvalue weighted by Crippen LogP contribution is 2.42. The summed E-state index contributed by atoms with van der Waals surface area (Å²) in [6.07, 6.45) is 11.9. The molecule has 1 atom stereocenters. The molecule has 0 aliphatic heterocycles. The molecule has 184 valence electrons. The molecule has 4 nitrogen and oxygen atoms in total. The second-order valence-corrected chi connectivity index (χ2v) is 10.2. The van der Waals surface area contributed by atoms with Crippen LogP contribution in [0.5, 0.6) is 0 Å². The lowest BCUT2D eigenvalue weighted by Gasteiger charge is -2.35. The number of nitrogens with one attached hydrogen (secondary N) is 1. The van der Waals surface area contributed by atoms with Crippen LogP contribution in [0.25, 0.3) is 11.1 Å². The maximum absolute atomic E-state index is 4.56. The van der Waals surface area contributed by atoms with E-state index in [2.05, 4.69) is 94.9 Å². The smallest absolute Gasteiger partial charge is 0.0568 e. The molecule has 5 rings (SSSR count). The van der Waals surface area contributed by atoms with Gasteiger partial charge in [-0.15, -0.1) is 0 Å². The summed E-state index contributed by atoms with van der Waals surface area (Å²) in [7, 11) is 1.96. The number of benzene rings is 2. The van der Waals surface area contributed by atoms with Gasteiger partial charge in [0.1, 0.15) is 0 Å². The van der Waals surface area contributed by atoms with Gasteiger partial charge < -0.3 is 5.32 Å². The predicted molar refractivity (Wildman–Crippen MR) is 147 cm³/mol. The van der Waals surface area contributed by atoms with Crippen LogP contribution >= 0.6 is 0 Å². The standard InChI is InChI=1S/C32H36N4/c1-24(34-21-26-8-4-3-5-9-26)32(29-17-15-27(16-18-29)30-22-35-36(2)23-30)28-13-11-25(12-14-28)20-31-10-6-7-19-33-31/h3-10,15-19,22-23,25,28,32,34H,1,11-14,20-21H2,2H3. The Labute approximate surface area is 215 Å². The van der Waals surface area contributed by atoms with Gasteiger partial charge in [-0.05, 0) is 72.8 Å². The zero-order chi connectivity index (χ0) is 24.7. The Balaban J connectivity index is 1.31. The summed E-state index contributed by atoms with van der Waals surface area (Å²) in [4.78, 5) is 4.56. The predicted octanol–water partition coefficient (Wildman–Crippen LogP) is 6.92. The molecule has 0 amide bonds. The molecule has 2 aromatic heterocycles. The van der Waals surface area contributed by atoms with Crippen molar-refractivity contribution in [2.24, 2.45) is 18.9 Å². The third-order valence-electron chi connectivity index (χ3n) is 7.63. The zero-order valence-electron chi connectivity index (χ0n) is 21.2. The Kier molecular flexibility index (Phi) is 7.61. The van der Waals surface area contributed by atoms with Crippen molar-refractivity contribution < 1.29 is 0 Å².